The van der Waals surface area contributed by atoms with E-state index in [0.717, 1.165) is 52.4 Å². The fraction of sp³-hybridized carbons (Fsp3) is 0.200. The number of imidazole rings is 1. The molecule has 1 aliphatic heterocycles. The van der Waals surface area contributed by atoms with Gasteiger partial charge in [0, 0.05) is 42.5 Å². The Morgan fingerprint density at radius 3 is 2.68 bits per heavy atom. The largest absolute Gasteiger partial charge is 0.471 e. The normalized spacial score (nSPS) is 14.1. The monoisotopic (exact) mass is 453 g/mol. The number of rotatable bonds is 5. The molecular formula is C25H23N7O2. The number of para-hydroxylation sites is 1. The van der Waals surface area contributed by atoms with E-state index in [9.17, 15) is 0 Å². The summed E-state index contributed by atoms with van der Waals surface area (Å²) in [5, 5.41) is 1.07. The van der Waals surface area contributed by atoms with Crippen LogP contribution in [0.1, 0.15) is 5.69 Å². The third-order valence-corrected chi connectivity index (χ3v) is 5.86. The minimum Gasteiger partial charge on any atom is -0.471 e. The molecule has 0 atom stereocenters. The molecule has 170 valence electrons. The van der Waals surface area contributed by atoms with Crippen LogP contribution < -0.4 is 15.4 Å². The number of morpholine rings is 1. The van der Waals surface area contributed by atoms with Crippen LogP contribution in [-0.4, -0.2) is 50.6 Å². The Morgan fingerprint density at radius 1 is 0.941 bits per heavy atom. The highest BCUT2D eigenvalue weighted by Gasteiger charge is 2.20. The van der Waals surface area contributed by atoms with Gasteiger partial charge in [-0.1, -0.05) is 18.2 Å². The number of anilines is 2. The third kappa shape index (κ3) is 3.86. The maximum Gasteiger partial charge on any atom is 0.214 e. The van der Waals surface area contributed by atoms with Crippen LogP contribution >= 0.6 is 0 Å². The van der Waals surface area contributed by atoms with Crippen LogP contribution in [0.15, 0.2) is 67.1 Å². The Hall–Kier alpha value is -4.24. The number of benzene rings is 1. The molecule has 2 N–H and O–H groups in total. The second-order valence-corrected chi connectivity index (χ2v) is 8.09. The number of hydrogen-bond donors (Lipinski definition) is 1. The van der Waals surface area contributed by atoms with Gasteiger partial charge >= 0.3 is 0 Å². The van der Waals surface area contributed by atoms with Crippen molar-refractivity contribution < 1.29 is 9.47 Å². The standard InChI is InChI=1S/C25H23N7O2/c26-22-7-5-18(13-27-22)21-14-28-24(31-9-11-33-12-10-31)25-29-19(15-32(21)25)16-34-23-8-6-17-3-1-2-4-20(17)30-23/h1-8,13-15H,9-12,16H2,(H2,26,27). The summed E-state index contributed by atoms with van der Waals surface area (Å²) < 4.78 is 13.6. The van der Waals surface area contributed by atoms with Gasteiger partial charge in [0.25, 0.3) is 0 Å². The molecule has 0 saturated carbocycles. The van der Waals surface area contributed by atoms with Crippen LogP contribution in [0.25, 0.3) is 27.8 Å². The van der Waals surface area contributed by atoms with Crippen LogP contribution in [0.4, 0.5) is 11.6 Å². The minimum absolute atomic E-state index is 0.287. The number of pyridine rings is 2. The van der Waals surface area contributed by atoms with Crippen molar-refractivity contribution >= 4 is 28.2 Å². The lowest BCUT2D eigenvalue weighted by Crippen LogP contribution is -2.37. The molecule has 0 aliphatic carbocycles. The molecule has 0 amide bonds. The summed E-state index contributed by atoms with van der Waals surface area (Å²) in [5.41, 5.74) is 10.0. The fourth-order valence-corrected chi connectivity index (χ4v) is 4.13. The van der Waals surface area contributed by atoms with E-state index in [1.165, 1.54) is 0 Å². The molecule has 6 rings (SSSR count). The number of hydrogen-bond acceptors (Lipinski definition) is 8. The molecule has 9 nitrogen and oxygen atoms in total. The second-order valence-electron chi connectivity index (χ2n) is 8.09. The average molecular weight is 454 g/mol. The third-order valence-electron chi connectivity index (χ3n) is 5.86. The summed E-state index contributed by atoms with van der Waals surface area (Å²) in [5.74, 6) is 1.86. The van der Waals surface area contributed by atoms with Gasteiger partial charge in [-0.15, -0.1) is 0 Å². The number of nitrogens with two attached hydrogens (primary N) is 1. The summed E-state index contributed by atoms with van der Waals surface area (Å²) in [6.45, 7) is 3.16. The molecule has 1 fully saturated rings. The fourth-order valence-electron chi connectivity index (χ4n) is 4.13. The van der Waals surface area contributed by atoms with E-state index in [1.54, 1.807) is 12.3 Å². The van der Waals surface area contributed by atoms with Crippen LogP contribution in [0.5, 0.6) is 5.88 Å². The summed E-state index contributed by atoms with van der Waals surface area (Å²) in [7, 11) is 0. The molecule has 34 heavy (non-hydrogen) atoms. The van der Waals surface area contributed by atoms with Crippen molar-refractivity contribution in [2.75, 3.05) is 36.9 Å². The van der Waals surface area contributed by atoms with Gasteiger partial charge in [-0.05, 0) is 24.3 Å². The summed E-state index contributed by atoms with van der Waals surface area (Å²) >= 11 is 0. The Bertz CT molecular complexity index is 1460. The quantitative estimate of drug-likeness (QED) is 0.432. The Kier molecular flexibility index (Phi) is 5.15. The number of nitrogens with zero attached hydrogens (tertiary/aromatic N) is 6. The zero-order valence-electron chi connectivity index (χ0n) is 18.5. The van der Waals surface area contributed by atoms with Crippen molar-refractivity contribution in [1.29, 1.82) is 0 Å². The van der Waals surface area contributed by atoms with Crippen LogP contribution in [-0.2, 0) is 11.3 Å². The lowest BCUT2D eigenvalue weighted by molar-refractivity contribution is 0.122. The van der Waals surface area contributed by atoms with Gasteiger partial charge in [0.2, 0.25) is 5.88 Å². The van der Waals surface area contributed by atoms with E-state index in [2.05, 4.69) is 14.9 Å². The number of fused-ring (bicyclic) bond motifs is 2. The number of ether oxygens (including phenoxy) is 2. The second kappa shape index (κ2) is 8.60. The van der Waals surface area contributed by atoms with Crippen LogP contribution in [0, 0.1) is 0 Å². The maximum atomic E-state index is 6.01. The van der Waals surface area contributed by atoms with Crippen LogP contribution in [0.2, 0.25) is 0 Å². The van der Waals surface area contributed by atoms with E-state index in [4.69, 9.17) is 25.2 Å². The molecule has 1 aliphatic rings. The average Bonchev–Trinajstić information content (AvgIpc) is 3.32. The highest BCUT2D eigenvalue weighted by molar-refractivity contribution is 5.78. The molecule has 0 radical (unpaired) electrons. The molecule has 5 aromatic rings. The first kappa shape index (κ1) is 20.4. The first-order valence-corrected chi connectivity index (χ1v) is 11.1. The first-order chi connectivity index (χ1) is 16.7. The highest BCUT2D eigenvalue weighted by atomic mass is 16.5. The zero-order chi connectivity index (χ0) is 22.9. The topological polar surface area (TPSA) is 104 Å². The van der Waals surface area contributed by atoms with Gasteiger partial charge in [-0.3, -0.25) is 4.40 Å². The highest BCUT2D eigenvalue weighted by Crippen LogP contribution is 2.27. The molecule has 9 heteroatoms. The predicted molar refractivity (Wildman–Crippen MR) is 130 cm³/mol. The van der Waals surface area contributed by atoms with Crippen molar-refractivity contribution in [2.24, 2.45) is 0 Å². The smallest absolute Gasteiger partial charge is 0.214 e. The lowest BCUT2D eigenvalue weighted by atomic mass is 10.2. The summed E-state index contributed by atoms with van der Waals surface area (Å²) in [4.78, 5) is 20.7. The molecular weight excluding hydrogens is 430 g/mol. The zero-order valence-corrected chi connectivity index (χ0v) is 18.5. The molecule has 0 unspecified atom stereocenters. The van der Waals surface area contributed by atoms with Crippen molar-refractivity contribution in [2.45, 2.75) is 6.61 Å². The van der Waals surface area contributed by atoms with E-state index in [-0.39, 0.29) is 6.61 Å². The van der Waals surface area contributed by atoms with Crippen molar-refractivity contribution in [3.05, 3.63) is 72.8 Å². The maximum absolute atomic E-state index is 6.01. The van der Waals surface area contributed by atoms with Crippen molar-refractivity contribution in [3.63, 3.8) is 0 Å². The van der Waals surface area contributed by atoms with Gasteiger partial charge in [0.05, 0.1) is 36.3 Å². The van der Waals surface area contributed by atoms with Gasteiger partial charge < -0.3 is 20.1 Å². The molecule has 1 aromatic carbocycles. The number of nitrogen functional groups attached to an aromatic ring is 1. The van der Waals surface area contributed by atoms with Crippen molar-refractivity contribution in [1.82, 2.24) is 24.3 Å². The molecule has 4 aromatic heterocycles. The van der Waals surface area contributed by atoms with E-state index in [1.807, 2.05) is 59.3 Å². The molecule has 0 spiro atoms. The minimum atomic E-state index is 0.287. The van der Waals surface area contributed by atoms with E-state index >= 15 is 0 Å². The molecule has 1 saturated heterocycles. The summed E-state index contributed by atoms with van der Waals surface area (Å²) in [6, 6.07) is 15.6. The van der Waals surface area contributed by atoms with E-state index in [0.29, 0.717) is 24.9 Å². The summed E-state index contributed by atoms with van der Waals surface area (Å²) in [6.07, 6.45) is 5.57. The first-order valence-electron chi connectivity index (χ1n) is 11.1. The van der Waals surface area contributed by atoms with E-state index < -0.39 is 0 Å². The Balaban J connectivity index is 1.36. The van der Waals surface area contributed by atoms with Crippen LogP contribution in [0.3, 0.4) is 0 Å². The lowest BCUT2D eigenvalue weighted by Gasteiger charge is -2.28. The molecule has 5 heterocycles. The SMILES string of the molecule is Nc1ccc(-c2cnc(N3CCOCC3)c3nc(COc4ccc5ccccc5n4)cn23)cn1. The predicted octanol–water partition coefficient (Wildman–Crippen LogP) is 3.34. The molecule has 0 bridgehead atoms. The van der Waals surface area contributed by atoms with Gasteiger partial charge in [0.1, 0.15) is 12.4 Å². The van der Waals surface area contributed by atoms with Gasteiger partial charge in [-0.25, -0.2) is 19.9 Å². The van der Waals surface area contributed by atoms with Crippen molar-refractivity contribution in [3.8, 4) is 17.1 Å². The van der Waals surface area contributed by atoms with Gasteiger partial charge in [-0.2, -0.15) is 0 Å². The Morgan fingerprint density at radius 2 is 1.82 bits per heavy atom. The van der Waals surface area contributed by atoms with Gasteiger partial charge in [0.15, 0.2) is 11.5 Å². The Labute approximate surface area is 195 Å². The number of aromatic nitrogens is 5.